The number of nitrogens with one attached hydrogen (secondary N) is 1. The van der Waals surface area contributed by atoms with Gasteiger partial charge in [0.2, 0.25) is 0 Å². The van der Waals surface area contributed by atoms with Gasteiger partial charge in [-0.3, -0.25) is 0 Å². The average Bonchev–Trinajstić information content (AvgIpc) is 2.13. The lowest BCUT2D eigenvalue weighted by atomic mass is 10.3. The molecule has 1 nitrogen and oxygen atoms in total. The summed E-state index contributed by atoms with van der Waals surface area (Å²) in [5, 5.41) is 4.20. The molecule has 0 amide bonds. The van der Waals surface area contributed by atoms with E-state index in [1.807, 2.05) is 19.1 Å². The van der Waals surface area contributed by atoms with Crippen LogP contribution in [0.5, 0.6) is 0 Å². The Morgan fingerprint density at radius 1 is 1.43 bits per heavy atom. The van der Waals surface area contributed by atoms with Crippen LogP contribution in [0.15, 0.2) is 28.8 Å². The molecular formula is C10H10BrCl2N. The average molecular weight is 295 g/mol. The molecule has 0 aliphatic rings. The maximum absolute atomic E-state index is 6.03. The molecule has 0 aliphatic heterocycles. The summed E-state index contributed by atoms with van der Waals surface area (Å²) < 4.78 is 0.796. The Labute approximate surface area is 102 Å². The Morgan fingerprint density at radius 2 is 2.07 bits per heavy atom. The Hall–Kier alpha value is -0.180. The predicted octanol–water partition coefficient (Wildman–Crippen LogP) is 4.74. The normalized spacial score (nSPS) is 10.0. The van der Waals surface area contributed by atoms with Gasteiger partial charge in [0.1, 0.15) is 0 Å². The van der Waals surface area contributed by atoms with Crippen LogP contribution < -0.4 is 5.32 Å². The molecule has 4 heteroatoms. The van der Waals surface area contributed by atoms with E-state index in [9.17, 15) is 0 Å². The molecule has 0 aliphatic carbocycles. The second kappa shape index (κ2) is 5.06. The van der Waals surface area contributed by atoms with Crippen molar-refractivity contribution >= 4 is 44.8 Å². The Bertz CT molecular complexity index is 363. The molecule has 0 atom stereocenters. The minimum absolute atomic E-state index is 0.526. The molecule has 76 valence electrons. The predicted molar refractivity (Wildman–Crippen MR) is 67.5 cm³/mol. The lowest BCUT2D eigenvalue weighted by Crippen LogP contribution is -2.02. The van der Waals surface area contributed by atoms with Crippen molar-refractivity contribution in [2.75, 3.05) is 11.9 Å². The smallest absolute Gasteiger partial charge is 0.0835 e. The SMILES string of the molecule is C=C(C)CNc1ccc(Br)c(Cl)c1Cl. The number of hydrogen-bond acceptors (Lipinski definition) is 1. The number of hydrogen-bond donors (Lipinski definition) is 1. The Balaban J connectivity index is 2.88. The van der Waals surface area contributed by atoms with Crippen LogP contribution in [-0.4, -0.2) is 6.54 Å². The van der Waals surface area contributed by atoms with Crippen molar-refractivity contribution in [1.82, 2.24) is 0 Å². The Kier molecular flexibility index (Phi) is 4.30. The summed E-state index contributed by atoms with van der Waals surface area (Å²) in [7, 11) is 0. The molecule has 1 aromatic rings. The van der Waals surface area contributed by atoms with Crippen LogP contribution >= 0.6 is 39.1 Å². The van der Waals surface area contributed by atoms with Crippen LogP contribution in [0.4, 0.5) is 5.69 Å². The zero-order valence-electron chi connectivity index (χ0n) is 7.70. The highest BCUT2D eigenvalue weighted by Crippen LogP contribution is 2.35. The summed E-state index contributed by atoms with van der Waals surface area (Å²) in [5.41, 5.74) is 1.86. The number of anilines is 1. The van der Waals surface area contributed by atoms with Crippen LogP contribution in [0.2, 0.25) is 10.0 Å². The van der Waals surface area contributed by atoms with Gasteiger partial charge in [0.25, 0.3) is 0 Å². The summed E-state index contributed by atoms with van der Waals surface area (Å²) in [4.78, 5) is 0. The van der Waals surface area contributed by atoms with Gasteiger partial charge in [0.15, 0.2) is 0 Å². The molecule has 0 aromatic heterocycles. The van der Waals surface area contributed by atoms with Gasteiger partial charge in [-0.2, -0.15) is 0 Å². The van der Waals surface area contributed by atoms with Crippen LogP contribution in [0.3, 0.4) is 0 Å². The van der Waals surface area contributed by atoms with Gasteiger partial charge in [0, 0.05) is 11.0 Å². The summed E-state index contributed by atoms with van der Waals surface area (Å²) in [5.74, 6) is 0. The van der Waals surface area contributed by atoms with Gasteiger partial charge in [-0.1, -0.05) is 35.4 Å². The van der Waals surface area contributed by atoms with E-state index in [-0.39, 0.29) is 0 Å². The van der Waals surface area contributed by atoms with E-state index in [1.54, 1.807) is 0 Å². The van der Waals surface area contributed by atoms with E-state index in [1.165, 1.54) is 0 Å². The van der Waals surface area contributed by atoms with Gasteiger partial charge < -0.3 is 5.32 Å². The van der Waals surface area contributed by atoms with Crippen molar-refractivity contribution < 1.29 is 0 Å². The molecule has 0 unspecified atom stereocenters. The van der Waals surface area contributed by atoms with E-state index in [0.29, 0.717) is 16.6 Å². The zero-order valence-corrected chi connectivity index (χ0v) is 10.8. The maximum Gasteiger partial charge on any atom is 0.0835 e. The lowest BCUT2D eigenvalue weighted by Gasteiger charge is -2.09. The first-order chi connectivity index (χ1) is 6.52. The fraction of sp³-hybridized carbons (Fsp3) is 0.200. The second-order valence-corrected chi connectivity index (χ2v) is 4.64. The number of halogens is 3. The minimum Gasteiger partial charge on any atom is -0.380 e. The monoisotopic (exact) mass is 293 g/mol. The van der Waals surface area contributed by atoms with E-state index >= 15 is 0 Å². The van der Waals surface area contributed by atoms with Crippen molar-refractivity contribution in [3.05, 3.63) is 38.8 Å². The van der Waals surface area contributed by atoms with Gasteiger partial charge in [-0.05, 0) is 35.0 Å². The first kappa shape index (κ1) is 11.9. The van der Waals surface area contributed by atoms with E-state index in [2.05, 4.69) is 27.8 Å². The highest BCUT2D eigenvalue weighted by molar-refractivity contribution is 9.10. The second-order valence-electron chi connectivity index (χ2n) is 3.03. The quantitative estimate of drug-likeness (QED) is 0.627. The van der Waals surface area contributed by atoms with Crippen molar-refractivity contribution in [3.8, 4) is 0 Å². The lowest BCUT2D eigenvalue weighted by molar-refractivity contribution is 1.22. The van der Waals surface area contributed by atoms with Gasteiger partial charge >= 0.3 is 0 Å². The maximum atomic E-state index is 6.03. The first-order valence-corrected chi connectivity index (χ1v) is 5.59. The third-order valence-corrected chi connectivity index (χ3v) is 3.39. The molecule has 0 bridgehead atoms. The molecule has 0 saturated carbocycles. The van der Waals surface area contributed by atoms with Gasteiger partial charge in [-0.25, -0.2) is 0 Å². The van der Waals surface area contributed by atoms with Crippen LogP contribution in [0.1, 0.15) is 6.92 Å². The standard InChI is InChI=1S/C10H10BrCl2N/c1-6(2)5-14-8-4-3-7(11)9(12)10(8)13/h3-4,14H,1,5H2,2H3. The van der Waals surface area contributed by atoms with Gasteiger partial charge in [0.05, 0.1) is 15.7 Å². The molecule has 1 rings (SSSR count). The molecule has 0 radical (unpaired) electrons. The number of rotatable bonds is 3. The highest BCUT2D eigenvalue weighted by atomic mass is 79.9. The van der Waals surface area contributed by atoms with Crippen LogP contribution in [-0.2, 0) is 0 Å². The highest BCUT2D eigenvalue weighted by Gasteiger charge is 2.07. The molecule has 0 saturated heterocycles. The number of benzene rings is 1. The topological polar surface area (TPSA) is 12.0 Å². The molecule has 0 spiro atoms. The van der Waals surface area contributed by atoms with Gasteiger partial charge in [-0.15, -0.1) is 0 Å². The van der Waals surface area contributed by atoms with Crippen LogP contribution in [0.25, 0.3) is 0 Å². The van der Waals surface area contributed by atoms with E-state index in [0.717, 1.165) is 15.7 Å². The first-order valence-electron chi connectivity index (χ1n) is 4.04. The molecule has 0 fully saturated rings. The molecular weight excluding hydrogens is 285 g/mol. The van der Waals surface area contributed by atoms with E-state index in [4.69, 9.17) is 23.2 Å². The zero-order chi connectivity index (χ0) is 10.7. The molecule has 1 aromatic carbocycles. The largest absolute Gasteiger partial charge is 0.380 e. The fourth-order valence-electron chi connectivity index (χ4n) is 0.909. The minimum atomic E-state index is 0.526. The van der Waals surface area contributed by atoms with Crippen LogP contribution in [0, 0.1) is 0 Å². The molecule has 14 heavy (non-hydrogen) atoms. The van der Waals surface area contributed by atoms with E-state index < -0.39 is 0 Å². The molecule has 0 heterocycles. The summed E-state index contributed by atoms with van der Waals surface area (Å²) in [6.45, 7) is 6.43. The third-order valence-electron chi connectivity index (χ3n) is 1.62. The van der Waals surface area contributed by atoms with Crippen molar-refractivity contribution in [1.29, 1.82) is 0 Å². The summed E-state index contributed by atoms with van der Waals surface area (Å²) >= 11 is 15.3. The summed E-state index contributed by atoms with van der Waals surface area (Å²) in [6, 6.07) is 3.73. The van der Waals surface area contributed by atoms with Crippen molar-refractivity contribution in [2.45, 2.75) is 6.92 Å². The Morgan fingerprint density at radius 3 is 2.64 bits per heavy atom. The van der Waals surface area contributed by atoms with Crippen molar-refractivity contribution in [2.24, 2.45) is 0 Å². The van der Waals surface area contributed by atoms with Crippen molar-refractivity contribution in [3.63, 3.8) is 0 Å². The fourth-order valence-corrected chi connectivity index (χ4v) is 1.75. The summed E-state index contributed by atoms with van der Waals surface area (Å²) in [6.07, 6.45) is 0. The molecule has 1 N–H and O–H groups in total. The third kappa shape index (κ3) is 2.91.